The second kappa shape index (κ2) is 7.17. The van der Waals surface area contributed by atoms with Crippen LogP contribution in [0.1, 0.15) is 5.56 Å². The summed E-state index contributed by atoms with van der Waals surface area (Å²) in [5.74, 6) is -0.0993. The van der Waals surface area contributed by atoms with E-state index >= 15 is 0 Å². The smallest absolute Gasteiger partial charge is 0.340 e. The zero-order valence-electron chi connectivity index (χ0n) is 13.0. The molecule has 0 spiro atoms. The predicted octanol–water partition coefficient (Wildman–Crippen LogP) is 5.78. The number of nitrogens with one attached hydrogen (secondary N) is 2. The summed E-state index contributed by atoms with van der Waals surface area (Å²) in [6, 6.07) is 10.3. The molecule has 2 N–H and O–H groups in total. The molecule has 0 aliphatic carbocycles. The van der Waals surface area contributed by atoms with E-state index in [9.17, 15) is 17.6 Å². The zero-order valence-corrected chi connectivity index (χ0v) is 13.7. The summed E-state index contributed by atoms with van der Waals surface area (Å²) >= 11 is 5.71. The third-order valence-corrected chi connectivity index (χ3v) is 3.58. The van der Waals surface area contributed by atoms with Crippen molar-refractivity contribution < 1.29 is 17.6 Å². The first-order valence-corrected chi connectivity index (χ1v) is 7.68. The van der Waals surface area contributed by atoms with Crippen molar-refractivity contribution in [2.24, 2.45) is 0 Å². The van der Waals surface area contributed by atoms with Gasteiger partial charge in [-0.15, -0.1) is 0 Å². The lowest BCUT2D eigenvalue weighted by molar-refractivity contribution is -0.137. The van der Waals surface area contributed by atoms with E-state index in [1.807, 2.05) is 0 Å². The number of aromatic nitrogens is 2. The lowest BCUT2D eigenvalue weighted by Gasteiger charge is -2.11. The fourth-order valence-corrected chi connectivity index (χ4v) is 2.29. The van der Waals surface area contributed by atoms with Gasteiger partial charge in [-0.05, 0) is 42.5 Å². The molecule has 134 valence electrons. The number of rotatable bonds is 4. The maximum Gasteiger partial charge on any atom is 0.416 e. The van der Waals surface area contributed by atoms with Crippen LogP contribution in [0.3, 0.4) is 0 Å². The summed E-state index contributed by atoms with van der Waals surface area (Å²) in [4.78, 5) is 8.16. The Morgan fingerprint density at radius 2 is 1.69 bits per heavy atom. The highest BCUT2D eigenvalue weighted by Crippen LogP contribution is 2.31. The number of alkyl halides is 3. The maximum atomic E-state index is 13.2. The van der Waals surface area contributed by atoms with Gasteiger partial charge in [0.25, 0.3) is 0 Å². The number of anilines is 4. The standard InChI is InChI=1S/C17H11ClF4N4/c18-13-9-12(4-5-14(13)19)25-16-23-7-6-15(26-16)24-11-3-1-2-10(8-11)17(20,21)22/h1-9H,(H2,23,24,25,26). The van der Waals surface area contributed by atoms with E-state index in [0.29, 0.717) is 5.69 Å². The SMILES string of the molecule is Fc1ccc(Nc2nccc(Nc3cccc(C(F)(F)F)c3)n2)cc1Cl. The van der Waals surface area contributed by atoms with Crippen LogP contribution < -0.4 is 10.6 Å². The van der Waals surface area contributed by atoms with Crippen LogP contribution in [0.25, 0.3) is 0 Å². The Balaban J connectivity index is 1.78. The Morgan fingerprint density at radius 1 is 0.923 bits per heavy atom. The molecule has 3 aromatic rings. The van der Waals surface area contributed by atoms with Crippen molar-refractivity contribution in [3.05, 3.63) is 71.1 Å². The number of hydrogen-bond acceptors (Lipinski definition) is 4. The van der Waals surface area contributed by atoms with E-state index in [2.05, 4.69) is 20.6 Å². The summed E-state index contributed by atoms with van der Waals surface area (Å²) in [6.45, 7) is 0. The molecule has 1 heterocycles. The molecular weight excluding hydrogens is 372 g/mol. The minimum absolute atomic E-state index is 0.0618. The monoisotopic (exact) mass is 382 g/mol. The lowest BCUT2D eigenvalue weighted by Crippen LogP contribution is -2.05. The molecule has 0 bridgehead atoms. The van der Waals surface area contributed by atoms with E-state index in [-0.39, 0.29) is 22.5 Å². The van der Waals surface area contributed by atoms with E-state index in [0.717, 1.165) is 12.1 Å². The van der Waals surface area contributed by atoms with Crippen LogP contribution in [0.2, 0.25) is 5.02 Å². The second-order valence-corrected chi connectivity index (χ2v) is 5.63. The molecule has 0 radical (unpaired) electrons. The molecule has 26 heavy (non-hydrogen) atoms. The predicted molar refractivity (Wildman–Crippen MR) is 91.5 cm³/mol. The molecule has 1 aromatic heterocycles. The highest BCUT2D eigenvalue weighted by atomic mass is 35.5. The molecule has 4 nitrogen and oxygen atoms in total. The van der Waals surface area contributed by atoms with E-state index in [1.54, 1.807) is 0 Å². The van der Waals surface area contributed by atoms with Gasteiger partial charge in [0, 0.05) is 17.6 Å². The second-order valence-electron chi connectivity index (χ2n) is 5.22. The minimum atomic E-state index is -4.43. The van der Waals surface area contributed by atoms with Crippen molar-refractivity contribution in [2.75, 3.05) is 10.6 Å². The minimum Gasteiger partial charge on any atom is -0.340 e. The summed E-state index contributed by atoms with van der Waals surface area (Å²) in [6.07, 6.45) is -3.01. The van der Waals surface area contributed by atoms with E-state index in [4.69, 9.17) is 11.6 Å². The fraction of sp³-hybridized carbons (Fsp3) is 0.0588. The Bertz CT molecular complexity index is 931. The maximum absolute atomic E-state index is 13.2. The van der Waals surface area contributed by atoms with Gasteiger partial charge in [0.1, 0.15) is 11.6 Å². The average molecular weight is 383 g/mol. The Labute approximate surface area is 150 Å². The topological polar surface area (TPSA) is 49.8 Å². The lowest BCUT2D eigenvalue weighted by atomic mass is 10.2. The van der Waals surface area contributed by atoms with Crippen LogP contribution in [0, 0.1) is 5.82 Å². The summed E-state index contributed by atoms with van der Waals surface area (Å²) in [7, 11) is 0. The van der Waals surface area contributed by atoms with Gasteiger partial charge in [-0.2, -0.15) is 18.2 Å². The van der Waals surface area contributed by atoms with Gasteiger partial charge in [0.05, 0.1) is 10.6 Å². The summed E-state index contributed by atoms with van der Waals surface area (Å²) < 4.78 is 51.5. The van der Waals surface area contributed by atoms with Gasteiger partial charge in [-0.25, -0.2) is 9.37 Å². The average Bonchev–Trinajstić information content (AvgIpc) is 2.58. The molecule has 0 unspecified atom stereocenters. The third kappa shape index (κ3) is 4.40. The highest BCUT2D eigenvalue weighted by molar-refractivity contribution is 6.31. The van der Waals surface area contributed by atoms with Crippen molar-refractivity contribution in [1.82, 2.24) is 9.97 Å². The summed E-state index contributed by atoms with van der Waals surface area (Å²) in [5.41, 5.74) is -0.0715. The molecule has 0 aliphatic heterocycles. The van der Waals surface area contributed by atoms with Gasteiger partial charge < -0.3 is 10.6 Å². The molecule has 9 heteroatoms. The van der Waals surface area contributed by atoms with Crippen molar-refractivity contribution in [2.45, 2.75) is 6.18 Å². The van der Waals surface area contributed by atoms with Crippen LogP contribution >= 0.6 is 11.6 Å². The van der Waals surface area contributed by atoms with Crippen molar-refractivity contribution in [1.29, 1.82) is 0 Å². The van der Waals surface area contributed by atoms with Crippen molar-refractivity contribution in [3.8, 4) is 0 Å². The molecule has 0 amide bonds. The molecular formula is C17H11ClF4N4. The number of nitrogens with zero attached hydrogens (tertiary/aromatic N) is 2. The summed E-state index contributed by atoms with van der Waals surface area (Å²) in [5, 5.41) is 5.56. The van der Waals surface area contributed by atoms with Crippen LogP contribution in [-0.4, -0.2) is 9.97 Å². The van der Waals surface area contributed by atoms with Crippen molar-refractivity contribution in [3.63, 3.8) is 0 Å². The normalized spacial score (nSPS) is 11.3. The number of benzene rings is 2. The zero-order chi connectivity index (χ0) is 18.7. The Kier molecular flexibility index (Phi) is 4.94. The number of halogens is 5. The van der Waals surface area contributed by atoms with Gasteiger partial charge in [-0.1, -0.05) is 17.7 Å². The largest absolute Gasteiger partial charge is 0.416 e. The first-order chi connectivity index (χ1) is 12.3. The quantitative estimate of drug-likeness (QED) is 0.562. The van der Waals surface area contributed by atoms with Crippen LogP contribution in [0.15, 0.2) is 54.7 Å². The first-order valence-electron chi connectivity index (χ1n) is 7.31. The molecule has 0 saturated carbocycles. The Morgan fingerprint density at radius 3 is 2.42 bits per heavy atom. The molecule has 0 atom stereocenters. The third-order valence-electron chi connectivity index (χ3n) is 3.29. The van der Waals surface area contributed by atoms with Crippen molar-refractivity contribution >= 4 is 34.7 Å². The highest BCUT2D eigenvalue weighted by Gasteiger charge is 2.30. The van der Waals surface area contributed by atoms with Gasteiger partial charge in [0.15, 0.2) is 0 Å². The molecule has 0 saturated heterocycles. The first kappa shape index (κ1) is 17.9. The Hall–Kier alpha value is -2.87. The number of hydrogen-bond donors (Lipinski definition) is 2. The van der Waals surface area contributed by atoms with Crippen LogP contribution in [0.4, 0.5) is 40.7 Å². The van der Waals surface area contributed by atoms with Gasteiger partial charge in [0.2, 0.25) is 5.95 Å². The van der Waals surface area contributed by atoms with Gasteiger partial charge in [-0.3, -0.25) is 0 Å². The molecule has 3 rings (SSSR count). The van der Waals surface area contributed by atoms with E-state index in [1.165, 1.54) is 42.6 Å². The molecule has 2 aromatic carbocycles. The van der Waals surface area contributed by atoms with E-state index < -0.39 is 17.6 Å². The molecule has 0 aliphatic rings. The molecule has 0 fully saturated rings. The van der Waals surface area contributed by atoms with Crippen LogP contribution in [-0.2, 0) is 6.18 Å². The van der Waals surface area contributed by atoms with Crippen LogP contribution in [0.5, 0.6) is 0 Å². The van der Waals surface area contributed by atoms with Gasteiger partial charge >= 0.3 is 6.18 Å². The fourth-order valence-electron chi connectivity index (χ4n) is 2.11.